The molecule has 1 saturated heterocycles. The van der Waals surface area contributed by atoms with Gasteiger partial charge in [-0.3, -0.25) is 4.90 Å². The molecule has 19 heavy (non-hydrogen) atoms. The predicted octanol–water partition coefficient (Wildman–Crippen LogP) is 3.22. The Balaban J connectivity index is 1.66. The molecule has 0 radical (unpaired) electrons. The minimum atomic E-state index is 0.701. The molecule has 3 rings (SSSR count). The molecule has 0 bridgehead atoms. The van der Waals surface area contributed by atoms with Crippen LogP contribution in [-0.2, 0) is 6.54 Å². The van der Waals surface area contributed by atoms with Gasteiger partial charge in [0.25, 0.3) is 0 Å². The number of hydrogen-bond donors (Lipinski definition) is 1. The van der Waals surface area contributed by atoms with Gasteiger partial charge in [-0.1, -0.05) is 23.7 Å². The first-order valence-corrected chi connectivity index (χ1v) is 7.81. The third kappa shape index (κ3) is 3.50. The Morgan fingerprint density at radius 1 is 1.37 bits per heavy atom. The van der Waals surface area contributed by atoms with Crippen molar-refractivity contribution in [2.45, 2.75) is 38.8 Å². The lowest BCUT2D eigenvalue weighted by Gasteiger charge is -2.24. The third-order valence-corrected chi connectivity index (χ3v) is 4.66. The van der Waals surface area contributed by atoms with E-state index in [4.69, 9.17) is 11.6 Å². The molecular formula is C16H23ClN2. The molecule has 1 heterocycles. The first kappa shape index (κ1) is 13.4. The molecule has 2 fully saturated rings. The number of nitrogens with zero attached hydrogens (tertiary/aromatic N) is 1. The van der Waals surface area contributed by atoms with Crippen LogP contribution in [0, 0.1) is 12.8 Å². The second-order valence-electron chi connectivity index (χ2n) is 6.08. The molecule has 1 aromatic rings. The van der Waals surface area contributed by atoms with E-state index in [1.165, 1.54) is 50.0 Å². The summed E-state index contributed by atoms with van der Waals surface area (Å²) in [4.78, 5) is 2.57. The summed E-state index contributed by atoms with van der Waals surface area (Å²) in [5.41, 5.74) is 2.51. The summed E-state index contributed by atoms with van der Waals surface area (Å²) in [5.74, 6) is 0.925. The molecule has 1 atom stereocenters. The van der Waals surface area contributed by atoms with Crippen molar-refractivity contribution in [3.63, 3.8) is 0 Å². The number of rotatable bonds is 3. The molecule has 1 N–H and O–H groups in total. The van der Waals surface area contributed by atoms with E-state index in [0.29, 0.717) is 6.04 Å². The van der Waals surface area contributed by atoms with E-state index in [0.717, 1.165) is 17.5 Å². The van der Waals surface area contributed by atoms with Crippen molar-refractivity contribution in [3.8, 4) is 0 Å². The summed E-state index contributed by atoms with van der Waals surface area (Å²) in [7, 11) is 0. The van der Waals surface area contributed by atoms with Crippen LogP contribution in [-0.4, -0.2) is 30.6 Å². The molecule has 1 aliphatic carbocycles. The fourth-order valence-corrected chi connectivity index (χ4v) is 3.30. The van der Waals surface area contributed by atoms with E-state index in [2.05, 4.69) is 35.3 Å². The molecule has 0 aromatic heterocycles. The number of benzene rings is 1. The lowest BCUT2D eigenvalue weighted by Crippen LogP contribution is -2.39. The standard InChI is InChI=1S/C16H23ClN2/c1-12-3-4-14(15(17)9-12)10-19-8-2-7-18-16(11-19)13-5-6-13/h3-4,9,13,16,18H,2,5-8,10-11H2,1H3. The van der Waals surface area contributed by atoms with Crippen molar-refractivity contribution >= 4 is 11.6 Å². The van der Waals surface area contributed by atoms with E-state index >= 15 is 0 Å². The average Bonchev–Trinajstić information content (AvgIpc) is 3.19. The Morgan fingerprint density at radius 2 is 2.21 bits per heavy atom. The van der Waals surface area contributed by atoms with Gasteiger partial charge < -0.3 is 5.32 Å². The Bertz CT molecular complexity index is 442. The molecule has 104 valence electrons. The lowest BCUT2D eigenvalue weighted by atomic mass is 10.1. The number of nitrogens with one attached hydrogen (secondary N) is 1. The van der Waals surface area contributed by atoms with Gasteiger partial charge in [-0.05, 0) is 62.4 Å². The van der Waals surface area contributed by atoms with Crippen LogP contribution in [0.1, 0.15) is 30.4 Å². The lowest BCUT2D eigenvalue weighted by molar-refractivity contribution is 0.251. The molecule has 2 aliphatic rings. The van der Waals surface area contributed by atoms with Gasteiger partial charge in [0.2, 0.25) is 0 Å². The second kappa shape index (κ2) is 5.82. The average molecular weight is 279 g/mol. The van der Waals surface area contributed by atoms with Crippen molar-refractivity contribution in [2.24, 2.45) is 5.92 Å². The van der Waals surface area contributed by atoms with E-state index < -0.39 is 0 Å². The maximum Gasteiger partial charge on any atom is 0.0453 e. The summed E-state index contributed by atoms with van der Waals surface area (Å²) >= 11 is 6.36. The molecule has 1 aromatic carbocycles. The molecule has 0 amide bonds. The quantitative estimate of drug-likeness (QED) is 0.913. The summed E-state index contributed by atoms with van der Waals surface area (Å²) in [6, 6.07) is 7.12. The van der Waals surface area contributed by atoms with Crippen molar-refractivity contribution in [2.75, 3.05) is 19.6 Å². The SMILES string of the molecule is Cc1ccc(CN2CCCNC(C3CC3)C2)c(Cl)c1. The fraction of sp³-hybridized carbons (Fsp3) is 0.625. The minimum absolute atomic E-state index is 0.701. The molecule has 3 heteroatoms. The predicted molar refractivity (Wildman–Crippen MR) is 80.6 cm³/mol. The van der Waals surface area contributed by atoms with Crippen LogP contribution in [0.25, 0.3) is 0 Å². The Kier molecular flexibility index (Phi) is 4.11. The zero-order valence-electron chi connectivity index (χ0n) is 11.7. The van der Waals surface area contributed by atoms with Crippen molar-refractivity contribution in [1.29, 1.82) is 0 Å². The molecule has 2 nitrogen and oxygen atoms in total. The smallest absolute Gasteiger partial charge is 0.0453 e. The van der Waals surface area contributed by atoms with Crippen LogP contribution < -0.4 is 5.32 Å². The number of halogens is 1. The molecular weight excluding hydrogens is 256 g/mol. The fourth-order valence-electron chi connectivity index (χ4n) is 3.00. The molecule has 1 unspecified atom stereocenters. The van der Waals surface area contributed by atoms with E-state index in [-0.39, 0.29) is 0 Å². The normalized spacial score (nSPS) is 25.3. The zero-order chi connectivity index (χ0) is 13.2. The minimum Gasteiger partial charge on any atom is -0.312 e. The monoisotopic (exact) mass is 278 g/mol. The van der Waals surface area contributed by atoms with Crippen molar-refractivity contribution in [3.05, 3.63) is 34.3 Å². The van der Waals surface area contributed by atoms with Gasteiger partial charge in [-0.15, -0.1) is 0 Å². The topological polar surface area (TPSA) is 15.3 Å². The van der Waals surface area contributed by atoms with Gasteiger partial charge in [0.05, 0.1) is 0 Å². The molecule has 0 spiro atoms. The van der Waals surface area contributed by atoms with Gasteiger partial charge in [-0.2, -0.15) is 0 Å². The molecule has 1 saturated carbocycles. The Morgan fingerprint density at radius 3 is 2.95 bits per heavy atom. The van der Waals surface area contributed by atoms with Gasteiger partial charge in [0.1, 0.15) is 0 Å². The highest BCUT2D eigenvalue weighted by molar-refractivity contribution is 6.31. The van der Waals surface area contributed by atoms with Gasteiger partial charge >= 0.3 is 0 Å². The van der Waals surface area contributed by atoms with E-state index in [1.807, 2.05) is 0 Å². The van der Waals surface area contributed by atoms with Gasteiger partial charge in [-0.25, -0.2) is 0 Å². The Hall–Kier alpha value is -0.570. The first-order chi connectivity index (χ1) is 9.22. The van der Waals surface area contributed by atoms with E-state index in [1.54, 1.807) is 0 Å². The first-order valence-electron chi connectivity index (χ1n) is 7.43. The summed E-state index contributed by atoms with van der Waals surface area (Å²) in [6.45, 7) is 6.60. The largest absolute Gasteiger partial charge is 0.312 e. The summed E-state index contributed by atoms with van der Waals surface area (Å²) in [6.07, 6.45) is 4.07. The highest BCUT2D eigenvalue weighted by Crippen LogP contribution is 2.33. The Labute approximate surface area is 121 Å². The zero-order valence-corrected chi connectivity index (χ0v) is 12.4. The number of aryl methyl sites for hydroxylation is 1. The van der Waals surface area contributed by atoms with Crippen LogP contribution in [0.3, 0.4) is 0 Å². The van der Waals surface area contributed by atoms with Crippen molar-refractivity contribution < 1.29 is 0 Å². The highest BCUT2D eigenvalue weighted by Gasteiger charge is 2.33. The maximum atomic E-state index is 6.36. The van der Waals surface area contributed by atoms with Gasteiger partial charge in [0.15, 0.2) is 0 Å². The second-order valence-corrected chi connectivity index (χ2v) is 6.49. The van der Waals surface area contributed by atoms with Crippen LogP contribution >= 0.6 is 11.6 Å². The van der Waals surface area contributed by atoms with Crippen LogP contribution in [0.2, 0.25) is 5.02 Å². The summed E-state index contributed by atoms with van der Waals surface area (Å²) < 4.78 is 0. The van der Waals surface area contributed by atoms with Gasteiger partial charge in [0, 0.05) is 24.2 Å². The van der Waals surface area contributed by atoms with Crippen LogP contribution in [0.4, 0.5) is 0 Å². The third-order valence-electron chi connectivity index (χ3n) is 4.31. The van der Waals surface area contributed by atoms with E-state index in [9.17, 15) is 0 Å². The molecule has 1 aliphatic heterocycles. The van der Waals surface area contributed by atoms with Crippen LogP contribution in [0.15, 0.2) is 18.2 Å². The maximum absolute atomic E-state index is 6.36. The van der Waals surface area contributed by atoms with Crippen LogP contribution in [0.5, 0.6) is 0 Å². The number of hydrogen-bond acceptors (Lipinski definition) is 2. The highest BCUT2D eigenvalue weighted by atomic mass is 35.5. The van der Waals surface area contributed by atoms with Crippen molar-refractivity contribution in [1.82, 2.24) is 10.2 Å². The summed E-state index contributed by atoms with van der Waals surface area (Å²) in [5, 5.41) is 4.63.